The average Bonchev–Trinajstić information content (AvgIpc) is 3.00. The van der Waals surface area contributed by atoms with Gasteiger partial charge in [0.2, 0.25) is 11.8 Å². The van der Waals surface area contributed by atoms with Crippen LogP contribution >= 0.6 is 0 Å². The van der Waals surface area contributed by atoms with Crippen LogP contribution in [0.1, 0.15) is 19.3 Å². The first-order chi connectivity index (χ1) is 11.7. The molecule has 0 aromatic carbocycles. The van der Waals surface area contributed by atoms with Gasteiger partial charge in [-0.3, -0.25) is 14.5 Å². The molecule has 0 aromatic rings. The number of carbonyl (C=O) groups is 2. The lowest BCUT2D eigenvalue weighted by Gasteiger charge is -2.28. The van der Waals surface area contributed by atoms with E-state index in [0.717, 1.165) is 59.0 Å². The van der Waals surface area contributed by atoms with E-state index in [1.54, 1.807) is 0 Å². The summed E-state index contributed by atoms with van der Waals surface area (Å²) in [6.07, 6.45) is 2.71. The Hall–Kier alpha value is -1.18. The maximum absolute atomic E-state index is 12.3. The third kappa shape index (κ3) is 4.91. The first kappa shape index (κ1) is 17.6. The standard InChI is InChI=1S/C17H30N4O3/c22-16-10-15(17(23)19-12-14-2-1-3-18-11-14)13-21(16)5-4-20-6-8-24-9-7-20/h14-15,18H,1-13H2,(H,19,23). The molecule has 7 heteroatoms. The van der Waals surface area contributed by atoms with Crippen LogP contribution in [0.3, 0.4) is 0 Å². The summed E-state index contributed by atoms with van der Waals surface area (Å²) in [6.45, 7) is 8.36. The van der Waals surface area contributed by atoms with Gasteiger partial charge in [-0.15, -0.1) is 0 Å². The summed E-state index contributed by atoms with van der Waals surface area (Å²) in [5.74, 6) is 0.501. The number of hydrogen-bond acceptors (Lipinski definition) is 5. The lowest BCUT2D eigenvalue weighted by Crippen LogP contribution is -2.42. The van der Waals surface area contributed by atoms with E-state index in [4.69, 9.17) is 4.74 Å². The molecule has 0 bridgehead atoms. The number of likely N-dealkylation sites (tertiary alicyclic amines) is 1. The molecule has 0 saturated carbocycles. The van der Waals surface area contributed by atoms with Crippen LogP contribution in [0.2, 0.25) is 0 Å². The van der Waals surface area contributed by atoms with E-state index in [1.165, 1.54) is 12.8 Å². The molecule has 2 amide bonds. The third-order valence-corrected chi connectivity index (χ3v) is 5.34. The Morgan fingerprint density at radius 3 is 2.88 bits per heavy atom. The number of nitrogens with zero attached hydrogens (tertiary/aromatic N) is 2. The number of ether oxygens (including phenoxy) is 1. The van der Waals surface area contributed by atoms with Gasteiger partial charge in [0.05, 0.1) is 19.1 Å². The zero-order valence-corrected chi connectivity index (χ0v) is 14.5. The van der Waals surface area contributed by atoms with Gasteiger partial charge >= 0.3 is 0 Å². The van der Waals surface area contributed by atoms with Crippen molar-refractivity contribution in [2.24, 2.45) is 11.8 Å². The van der Waals surface area contributed by atoms with Crippen molar-refractivity contribution in [1.82, 2.24) is 20.4 Å². The summed E-state index contributed by atoms with van der Waals surface area (Å²) in [5, 5.41) is 6.42. The lowest BCUT2D eigenvalue weighted by molar-refractivity contribution is -0.129. The molecular formula is C17H30N4O3. The molecule has 3 saturated heterocycles. The fraction of sp³-hybridized carbons (Fsp3) is 0.882. The maximum Gasteiger partial charge on any atom is 0.225 e. The maximum atomic E-state index is 12.3. The summed E-state index contributed by atoms with van der Waals surface area (Å²) < 4.78 is 5.34. The highest BCUT2D eigenvalue weighted by molar-refractivity contribution is 5.89. The van der Waals surface area contributed by atoms with Crippen molar-refractivity contribution in [3.63, 3.8) is 0 Å². The quantitative estimate of drug-likeness (QED) is 0.669. The number of piperidine rings is 1. The van der Waals surface area contributed by atoms with Gasteiger partial charge < -0.3 is 20.3 Å². The molecule has 0 spiro atoms. The highest BCUT2D eigenvalue weighted by atomic mass is 16.5. The van der Waals surface area contributed by atoms with E-state index < -0.39 is 0 Å². The van der Waals surface area contributed by atoms with Crippen LogP contribution in [0.15, 0.2) is 0 Å². The highest BCUT2D eigenvalue weighted by Gasteiger charge is 2.34. The Morgan fingerprint density at radius 2 is 2.12 bits per heavy atom. The molecular weight excluding hydrogens is 308 g/mol. The molecule has 24 heavy (non-hydrogen) atoms. The fourth-order valence-electron chi connectivity index (χ4n) is 3.74. The fourth-order valence-corrected chi connectivity index (χ4v) is 3.74. The number of hydrogen-bond donors (Lipinski definition) is 2. The summed E-state index contributed by atoms with van der Waals surface area (Å²) in [6, 6.07) is 0. The second kappa shape index (κ2) is 8.78. The summed E-state index contributed by atoms with van der Waals surface area (Å²) >= 11 is 0. The monoisotopic (exact) mass is 338 g/mol. The van der Waals surface area contributed by atoms with E-state index in [9.17, 15) is 9.59 Å². The Kier molecular flexibility index (Phi) is 6.45. The first-order valence-corrected chi connectivity index (χ1v) is 9.28. The third-order valence-electron chi connectivity index (χ3n) is 5.34. The van der Waals surface area contributed by atoms with Gasteiger partial charge in [0.15, 0.2) is 0 Å². The Morgan fingerprint density at radius 1 is 1.29 bits per heavy atom. The molecule has 0 aliphatic carbocycles. The number of rotatable bonds is 6. The number of amides is 2. The van der Waals surface area contributed by atoms with E-state index in [0.29, 0.717) is 18.9 Å². The molecule has 2 atom stereocenters. The van der Waals surface area contributed by atoms with Crippen molar-refractivity contribution >= 4 is 11.8 Å². The predicted octanol–water partition coefficient (Wildman–Crippen LogP) is -0.717. The Bertz CT molecular complexity index is 434. The molecule has 0 radical (unpaired) electrons. The first-order valence-electron chi connectivity index (χ1n) is 9.28. The van der Waals surface area contributed by atoms with Crippen molar-refractivity contribution in [3.8, 4) is 0 Å². The zero-order valence-electron chi connectivity index (χ0n) is 14.5. The second-order valence-electron chi connectivity index (χ2n) is 7.15. The normalized spacial score (nSPS) is 29.0. The molecule has 3 aliphatic heterocycles. The Labute approximate surface area is 144 Å². The van der Waals surface area contributed by atoms with Crippen LogP contribution in [0.4, 0.5) is 0 Å². The van der Waals surface area contributed by atoms with Gasteiger partial charge in [-0.25, -0.2) is 0 Å². The van der Waals surface area contributed by atoms with Gasteiger partial charge in [-0.1, -0.05) is 0 Å². The summed E-state index contributed by atoms with van der Waals surface area (Å²) in [5.41, 5.74) is 0. The van der Waals surface area contributed by atoms with Crippen molar-refractivity contribution < 1.29 is 14.3 Å². The van der Waals surface area contributed by atoms with Gasteiger partial charge in [-0.2, -0.15) is 0 Å². The van der Waals surface area contributed by atoms with E-state index >= 15 is 0 Å². The molecule has 3 heterocycles. The SMILES string of the molecule is O=C(NCC1CCCNC1)C1CC(=O)N(CCN2CCOCC2)C1. The molecule has 0 aromatic heterocycles. The smallest absolute Gasteiger partial charge is 0.225 e. The summed E-state index contributed by atoms with van der Waals surface area (Å²) in [7, 11) is 0. The van der Waals surface area contributed by atoms with Crippen molar-refractivity contribution in [3.05, 3.63) is 0 Å². The predicted molar refractivity (Wildman–Crippen MR) is 90.5 cm³/mol. The van der Waals surface area contributed by atoms with Crippen LogP contribution in [-0.4, -0.2) is 87.2 Å². The van der Waals surface area contributed by atoms with E-state index in [1.807, 2.05) is 4.90 Å². The molecule has 3 fully saturated rings. The van der Waals surface area contributed by atoms with Crippen molar-refractivity contribution in [2.75, 3.05) is 65.6 Å². The summed E-state index contributed by atoms with van der Waals surface area (Å²) in [4.78, 5) is 28.7. The topological polar surface area (TPSA) is 73.9 Å². The Balaban J connectivity index is 1.37. The van der Waals surface area contributed by atoms with Crippen LogP contribution in [0.5, 0.6) is 0 Å². The molecule has 136 valence electrons. The molecule has 3 aliphatic rings. The molecule has 7 nitrogen and oxygen atoms in total. The highest BCUT2D eigenvalue weighted by Crippen LogP contribution is 2.18. The number of morpholine rings is 1. The molecule has 3 rings (SSSR count). The van der Waals surface area contributed by atoms with Crippen molar-refractivity contribution in [1.29, 1.82) is 0 Å². The lowest BCUT2D eigenvalue weighted by atomic mass is 9.99. The van der Waals surface area contributed by atoms with Crippen LogP contribution < -0.4 is 10.6 Å². The number of nitrogens with one attached hydrogen (secondary N) is 2. The van der Waals surface area contributed by atoms with E-state index in [-0.39, 0.29) is 17.7 Å². The van der Waals surface area contributed by atoms with Gasteiger partial charge in [-0.05, 0) is 31.8 Å². The van der Waals surface area contributed by atoms with Crippen LogP contribution in [0, 0.1) is 11.8 Å². The van der Waals surface area contributed by atoms with Crippen LogP contribution in [-0.2, 0) is 14.3 Å². The van der Waals surface area contributed by atoms with Gasteiger partial charge in [0, 0.05) is 45.7 Å². The molecule has 2 unspecified atom stereocenters. The van der Waals surface area contributed by atoms with Gasteiger partial charge in [0.25, 0.3) is 0 Å². The minimum atomic E-state index is -0.182. The van der Waals surface area contributed by atoms with Crippen LogP contribution in [0.25, 0.3) is 0 Å². The minimum absolute atomic E-state index is 0.0443. The van der Waals surface area contributed by atoms with Crippen molar-refractivity contribution in [2.45, 2.75) is 19.3 Å². The number of carbonyl (C=O) groups excluding carboxylic acids is 2. The van der Waals surface area contributed by atoms with E-state index in [2.05, 4.69) is 15.5 Å². The second-order valence-corrected chi connectivity index (χ2v) is 7.15. The average molecular weight is 338 g/mol. The minimum Gasteiger partial charge on any atom is -0.379 e. The van der Waals surface area contributed by atoms with Gasteiger partial charge in [0.1, 0.15) is 0 Å². The largest absolute Gasteiger partial charge is 0.379 e. The zero-order chi connectivity index (χ0) is 16.8. The molecule has 2 N–H and O–H groups in total.